The first kappa shape index (κ1) is 12.3. The van der Waals surface area contributed by atoms with Crippen molar-refractivity contribution >= 4 is 23.6 Å². The van der Waals surface area contributed by atoms with Crippen molar-refractivity contribution < 1.29 is 9.53 Å². The molecule has 0 heterocycles. The van der Waals surface area contributed by atoms with E-state index in [-0.39, 0.29) is 12.2 Å². The van der Waals surface area contributed by atoms with Gasteiger partial charge in [0.05, 0.1) is 6.61 Å². The van der Waals surface area contributed by atoms with Crippen LogP contribution in [0.25, 0.3) is 6.08 Å². The fraction of sp³-hybridized carbons (Fsp3) is 0.167. The Morgan fingerprint density at radius 1 is 1.50 bits per heavy atom. The molecule has 0 aliphatic rings. The Bertz CT molecular complexity index is 443. The highest BCUT2D eigenvalue weighted by Gasteiger charge is 2.09. The second kappa shape index (κ2) is 5.94. The maximum Gasteiger partial charge on any atom is 0.348 e. The zero-order valence-corrected chi connectivity index (χ0v) is 9.49. The van der Waals surface area contributed by atoms with E-state index in [1.165, 1.54) is 6.08 Å². The van der Waals surface area contributed by atoms with Crippen molar-refractivity contribution in [1.82, 2.24) is 0 Å². The number of benzene rings is 1. The maximum atomic E-state index is 11.3. The molecule has 0 aliphatic carbocycles. The van der Waals surface area contributed by atoms with E-state index in [0.717, 1.165) is 5.56 Å². The van der Waals surface area contributed by atoms with Gasteiger partial charge in [0, 0.05) is 5.02 Å². The Morgan fingerprint density at radius 2 is 2.12 bits per heavy atom. The molecule has 0 spiro atoms. The Labute approximate surface area is 98.9 Å². The van der Waals surface area contributed by atoms with Gasteiger partial charge in [-0.15, -0.1) is 0 Å². The van der Waals surface area contributed by atoms with E-state index >= 15 is 0 Å². The van der Waals surface area contributed by atoms with Crippen LogP contribution in [-0.2, 0) is 9.53 Å². The Balaban J connectivity index is 2.92. The van der Waals surface area contributed by atoms with E-state index in [9.17, 15) is 4.79 Å². The predicted molar refractivity (Wildman–Crippen MR) is 61.7 cm³/mol. The van der Waals surface area contributed by atoms with Crippen molar-refractivity contribution in [3.8, 4) is 6.07 Å². The van der Waals surface area contributed by atoms with Gasteiger partial charge in [-0.2, -0.15) is 5.26 Å². The number of carbonyl (C=O) groups is 1. The third kappa shape index (κ3) is 3.41. The summed E-state index contributed by atoms with van der Waals surface area (Å²) in [7, 11) is 0. The number of nitriles is 1. The van der Waals surface area contributed by atoms with Crippen LogP contribution in [-0.4, -0.2) is 12.6 Å². The highest BCUT2D eigenvalue weighted by molar-refractivity contribution is 6.30. The third-order valence-electron chi connectivity index (χ3n) is 1.80. The van der Waals surface area contributed by atoms with Gasteiger partial charge in [0.2, 0.25) is 0 Å². The van der Waals surface area contributed by atoms with E-state index in [4.69, 9.17) is 21.6 Å². The highest BCUT2D eigenvalue weighted by Crippen LogP contribution is 2.12. The van der Waals surface area contributed by atoms with Gasteiger partial charge in [-0.3, -0.25) is 0 Å². The van der Waals surface area contributed by atoms with Gasteiger partial charge in [0.25, 0.3) is 0 Å². The van der Waals surface area contributed by atoms with Crippen molar-refractivity contribution in [3.63, 3.8) is 0 Å². The van der Waals surface area contributed by atoms with Gasteiger partial charge in [-0.25, -0.2) is 4.79 Å². The SMILES string of the molecule is CCOC(=O)/C(C#N)=C\c1ccc(Cl)cc1. The van der Waals surface area contributed by atoms with Crippen LogP contribution in [0, 0.1) is 11.3 Å². The lowest BCUT2D eigenvalue weighted by atomic mass is 10.1. The molecule has 16 heavy (non-hydrogen) atoms. The second-order valence-electron chi connectivity index (χ2n) is 2.94. The zero-order chi connectivity index (χ0) is 12.0. The first-order valence-electron chi connectivity index (χ1n) is 4.72. The molecular weight excluding hydrogens is 226 g/mol. The molecule has 4 heteroatoms. The molecule has 0 aromatic heterocycles. The van der Waals surface area contributed by atoms with Crippen molar-refractivity contribution in [2.75, 3.05) is 6.61 Å². The summed E-state index contributed by atoms with van der Waals surface area (Å²) in [6, 6.07) is 8.62. The molecule has 82 valence electrons. The van der Waals surface area contributed by atoms with E-state index in [1.54, 1.807) is 37.3 Å². The van der Waals surface area contributed by atoms with Gasteiger partial charge in [-0.1, -0.05) is 23.7 Å². The average molecular weight is 236 g/mol. The number of carbonyl (C=O) groups excluding carboxylic acids is 1. The summed E-state index contributed by atoms with van der Waals surface area (Å²) >= 11 is 5.72. The third-order valence-corrected chi connectivity index (χ3v) is 2.05. The molecule has 0 saturated carbocycles. The summed E-state index contributed by atoms with van der Waals surface area (Å²) in [5.41, 5.74) is 0.707. The van der Waals surface area contributed by atoms with Crippen molar-refractivity contribution in [3.05, 3.63) is 40.4 Å². The molecule has 0 unspecified atom stereocenters. The second-order valence-corrected chi connectivity index (χ2v) is 3.38. The lowest BCUT2D eigenvalue weighted by Gasteiger charge is -1.99. The molecule has 0 saturated heterocycles. The van der Waals surface area contributed by atoms with Gasteiger partial charge < -0.3 is 4.74 Å². The lowest BCUT2D eigenvalue weighted by Crippen LogP contribution is -2.05. The van der Waals surface area contributed by atoms with E-state index in [1.807, 2.05) is 0 Å². The minimum atomic E-state index is -0.611. The number of ether oxygens (including phenoxy) is 1. The molecule has 0 amide bonds. The van der Waals surface area contributed by atoms with Gasteiger partial charge in [0.1, 0.15) is 11.6 Å². The Hall–Kier alpha value is -1.79. The van der Waals surface area contributed by atoms with Crippen LogP contribution in [0.15, 0.2) is 29.8 Å². The van der Waals surface area contributed by atoms with Crippen molar-refractivity contribution in [1.29, 1.82) is 5.26 Å². The fourth-order valence-corrected chi connectivity index (χ4v) is 1.20. The Morgan fingerprint density at radius 3 is 2.62 bits per heavy atom. The van der Waals surface area contributed by atoms with Crippen molar-refractivity contribution in [2.24, 2.45) is 0 Å². The van der Waals surface area contributed by atoms with Crippen LogP contribution >= 0.6 is 11.6 Å². The van der Waals surface area contributed by atoms with Gasteiger partial charge in [-0.05, 0) is 30.7 Å². The quantitative estimate of drug-likeness (QED) is 0.460. The highest BCUT2D eigenvalue weighted by atomic mass is 35.5. The smallest absolute Gasteiger partial charge is 0.348 e. The first-order valence-corrected chi connectivity index (χ1v) is 5.09. The monoisotopic (exact) mass is 235 g/mol. The summed E-state index contributed by atoms with van der Waals surface area (Å²) < 4.78 is 4.74. The summed E-state index contributed by atoms with van der Waals surface area (Å²) in [6.07, 6.45) is 1.47. The largest absolute Gasteiger partial charge is 0.462 e. The van der Waals surface area contributed by atoms with E-state index < -0.39 is 5.97 Å². The van der Waals surface area contributed by atoms with Gasteiger partial charge >= 0.3 is 5.97 Å². The van der Waals surface area contributed by atoms with Crippen LogP contribution in [0.4, 0.5) is 0 Å². The van der Waals surface area contributed by atoms with Crippen LogP contribution in [0.3, 0.4) is 0 Å². The lowest BCUT2D eigenvalue weighted by molar-refractivity contribution is -0.137. The molecule has 3 nitrogen and oxygen atoms in total. The number of esters is 1. The molecule has 0 radical (unpaired) electrons. The van der Waals surface area contributed by atoms with Crippen LogP contribution in [0.2, 0.25) is 5.02 Å². The maximum absolute atomic E-state index is 11.3. The molecule has 1 rings (SSSR count). The Kier molecular flexibility index (Phi) is 4.56. The molecular formula is C12H10ClNO2. The number of hydrogen-bond acceptors (Lipinski definition) is 3. The minimum Gasteiger partial charge on any atom is -0.462 e. The molecule has 0 atom stereocenters. The molecule has 0 bridgehead atoms. The average Bonchev–Trinajstić information content (AvgIpc) is 2.28. The number of halogens is 1. The zero-order valence-electron chi connectivity index (χ0n) is 8.74. The summed E-state index contributed by atoms with van der Waals surface area (Å²) in [6.45, 7) is 1.94. The summed E-state index contributed by atoms with van der Waals surface area (Å²) in [5, 5.41) is 9.40. The van der Waals surface area contributed by atoms with Crippen LogP contribution < -0.4 is 0 Å². The van der Waals surface area contributed by atoms with Crippen LogP contribution in [0.1, 0.15) is 12.5 Å². The normalized spacial score (nSPS) is 10.7. The minimum absolute atomic E-state index is 0.0239. The summed E-state index contributed by atoms with van der Waals surface area (Å²) in [5.74, 6) is -0.611. The van der Waals surface area contributed by atoms with Gasteiger partial charge in [0.15, 0.2) is 0 Å². The summed E-state index contributed by atoms with van der Waals surface area (Å²) in [4.78, 5) is 11.3. The van der Waals surface area contributed by atoms with Crippen LogP contribution in [0.5, 0.6) is 0 Å². The topological polar surface area (TPSA) is 50.1 Å². The number of hydrogen-bond donors (Lipinski definition) is 0. The predicted octanol–water partition coefficient (Wildman–Crippen LogP) is 2.81. The fourth-order valence-electron chi connectivity index (χ4n) is 1.07. The molecule has 0 fully saturated rings. The van der Waals surface area contributed by atoms with E-state index in [2.05, 4.69) is 0 Å². The molecule has 0 N–H and O–H groups in total. The van der Waals surface area contributed by atoms with Crippen molar-refractivity contribution in [2.45, 2.75) is 6.92 Å². The standard InChI is InChI=1S/C12H10ClNO2/c1-2-16-12(15)10(8-14)7-9-3-5-11(13)6-4-9/h3-7H,2H2,1H3/b10-7-. The first-order chi connectivity index (χ1) is 7.67. The molecule has 1 aromatic carbocycles. The number of nitrogens with zero attached hydrogens (tertiary/aromatic N) is 1. The number of rotatable bonds is 3. The van der Waals surface area contributed by atoms with E-state index in [0.29, 0.717) is 5.02 Å². The molecule has 0 aliphatic heterocycles. The molecule has 1 aromatic rings.